The van der Waals surface area contributed by atoms with Gasteiger partial charge in [0.2, 0.25) is 17.8 Å². The Bertz CT molecular complexity index is 1260. The summed E-state index contributed by atoms with van der Waals surface area (Å²) in [7, 11) is 0. The van der Waals surface area contributed by atoms with Crippen molar-refractivity contribution in [3.05, 3.63) is 66.0 Å². The minimum absolute atomic E-state index is 0.0527. The fraction of sp³-hybridized carbons (Fsp3) is 0.333. The number of aromatic nitrogens is 5. The Labute approximate surface area is 195 Å². The summed E-state index contributed by atoms with van der Waals surface area (Å²) < 4.78 is 34.8. The Kier molecular flexibility index (Phi) is 6.31. The lowest BCUT2D eigenvalue weighted by Gasteiger charge is -2.27. The Hall–Kier alpha value is -3.66. The average Bonchev–Trinajstić information content (AvgIpc) is 3.28. The first-order chi connectivity index (χ1) is 16.6. The van der Waals surface area contributed by atoms with Crippen LogP contribution in [-0.2, 0) is 4.74 Å². The summed E-state index contributed by atoms with van der Waals surface area (Å²) in [5.74, 6) is 0.434. The third kappa shape index (κ3) is 4.41. The summed E-state index contributed by atoms with van der Waals surface area (Å²) in [5, 5.41) is 3.38. The summed E-state index contributed by atoms with van der Waals surface area (Å²) in [6.45, 7) is 4.35. The van der Waals surface area contributed by atoms with Gasteiger partial charge in [0.15, 0.2) is 5.82 Å². The molecular formula is C24H25F2N7O. The predicted octanol–water partition coefficient (Wildman–Crippen LogP) is 4.55. The van der Waals surface area contributed by atoms with Crippen LogP contribution in [0.1, 0.15) is 37.2 Å². The standard InChI is InChI=1S/C24H25F2N7O/c1-2-17(16-8-4-3-5-9-16)28-22-29-23(32-12-14-34-15-13-32)31-24(30-22)33-19-11-7-6-10-18(19)27-21(33)20(25)26/h3-11,17,20H,2,12-15H2,1H3,(H,28,29,30,31)/t17-/m1/s1. The molecule has 0 spiro atoms. The number of fused-ring (bicyclic) bond motifs is 1. The summed E-state index contributed by atoms with van der Waals surface area (Å²) in [6, 6.07) is 16.9. The molecule has 0 amide bonds. The lowest BCUT2D eigenvalue weighted by atomic mass is 10.1. The van der Waals surface area contributed by atoms with Gasteiger partial charge in [0.05, 0.1) is 30.3 Å². The van der Waals surface area contributed by atoms with Crippen molar-refractivity contribution in [1.82, 2.24) is 24.5 Å². The number of ether oxygens (including phenoxy) is 1. The number of nitrogens with one attached hydrogen (secondary N) is 1. The second-order valence-corrected chi connectivity index (χ2v) is 7.97. The molecule has 5 rings (SSSR count). The van der Waals surface area contributed by atoms with E-state index in [2.05, 4.69) is 32.2 Å². The lowest BCUT2D eigenvalue weighted by Crippen LogP contribution is -2.37. The molecule has 0 saturated carbocycles. The van der Waals surface area contributed by atoms with E-state index in [-0.39, 0.29) is 12.0 Å². The largest absolute Gasteiger partial charge is 0.378 e. The highest BCUT2D eigenvalue weighted by Gasteiger charge is 2.25. The lowest BCUT2D eigenvalue weighted by molar-refractivity contribution is 0.122. The number of hydrogen-bond acceptors (Lipinski definition) is 7. The van der Waals surface area contributed by atoms with Gasteiger partial charge >= 0.3 is 0 Å². The summed E-state index contributed by atoms with van der Waals surface area (Å²) in [4.78, 5) is 19.9. The molecule has 3 heterocycles. The molecule has 2 aromatic heterocycles. The Morgan fingerprint density at radius 1 is 0.912 bits per heavy atom. The van der Waals surface area contributed by atoms with Gasteiger partial charge in [0.25, 0.3) is 6.43 Å². The van der Waals surface area contributed by atoms with Gasteiger partial charge in [-0.05, 0) is 24.1 Å². The zero-order chi connectivity index (χ0) is 23.5. The number of morpholine rings is 1. The molecule has 1 saturated heterocycles. The molecule has 176 valence electrons. The molecular weight excluding hydrogens is 440 g/mol. The second-order valence-electron chi connectivity index (χ2n) is 7.97. The number of anilines is 2. The van der Waals surface area contributed by atoms with Gasteiger partial charge in [-0.1, -0.05) is 49.4 Å². The van der Waals surface area contributed by atoms with E-state index in [0.29, 0.717) is 49.2 Å². The summed E-state index contributed by atoms with van der Waals surface area (Å²) in [5.41, 5.74) is 2.05. The number of para-hydroxylation sites is 2. The molecule has 8 nitrogen and oxygen atoms in total. The number of nitrogens with zero attached hydrogens (tertiary/aromatic N) is 6. The zero-order valence-electron chi connectivity index (χ0n) is 18.7. The molecule has 0 unspecified atom stereocenters. The number of alkyl halides is 2. The third-order valence-electron chi connectivity index (χ3n) is 5.80. The second kappa shape index (κ2) is 9.68. The first-order valence-electron chi connectivity index (χ1n) is 11.3. The van der Waals surface area contributed by atoms with Crippen LogP contribution in [-0.4, -0.2) is 50.8 Å². The van der Waals surface area contributed by atoms with Crippen LogP contribution in [0.5, 0.6) is 0 Å². The van der Waals surface area contributed by atoms with Crippen LogP contribution in [0, 0.1) is 0 Å². The van der Waals surface area contributed by atoms with Crippen LogP contribution in [0.4, 0.5) is 20.7 Å². The van der Waals surface area contributed by atoms with Crippen molar-refractivity contribution in [2.24, 2.45) is 0 Å². The molecule has 0 radical (unpaired) electrons. The average molecular weight is 466 g/mol. The third-order valence-corrected chi connectivity index (χ3v) is 5.80. The van der Waals surface area contributed by atoms with Crippen LogP contribution in [0.15, 0.2) is 54.6 Å². The van der Waals surface area contributed by atoms with Crippen molar-refractivity contribution in [1.29, 1.82) is 0 Å². The molecule has 4 aromatic rings. The van der Waals surface area contributed by atoms with Crippen LogP contribution in [0.3, 0.4) is 0 Å². The Morgan fingerprint density at radius 2 is 1.62 bits per heavy atom. The number of halogens is 2. The Balaban J connectivity index is 1.63. The maximum Gasteiger partial charge on any atom is 0.296 e. The molecule has 1 N–H and O–H groups in total. The molecule has 34 heavy (non-hydrogen) atoms. The molecule has 10 heteroatoms. The summed E-state index contributed by atoms with van der Waals surface area (Å²) >= 11 is 0. The Morgan fingerprint density at radius 3 is 2.35 bits per heavy atom. The van der Waals surface area contributed by atoms with Gasteiger partial charge in [0.1, 0.15) is 0 Å². The number of hydrogen-bond donors (Lipinski definition) is 1. The van der Waals surface area contributed by atoms with Crippen molar-refractivity contribution < 1.29 is 13.5 Å². The quantitative estimate of drug-likeness (QED) is 0.429. The van der Waals surface area contributed by atoms with E-state index in [4.69, 9.17) is 4.74 Å². The number of benzene rings is 2. The monoisotopic (exact) mass is 465 g/mol. The van der Waals surface area contributed by atoms with Gasteiger partial charge in [-0.2, -0.15) is 15.0 Å². The maximum absolute atomic E-state index is 14.0. The molecule has 1 aliphatic rings. The van der Waals surface area contributed by atoms with E-state index in [0.717, 1.165) is 12.0 Å². The molecule has 1 atom stereocenters. The number of rotatable bonds is 7. The van der Waals surface area contributed by atoms with Gasteiger partial charge in [-0.3, -0.25) is 4.57 Å². The van der Waals surface area contributed by atoms with Gasteiger partial charge in [-0.25, -0.2) is 13.8 Å². The van der Waals surface area contributed by atoms with E-state index in [1.54, 1.807) is 24.3 Å². The summed E-state index contributed by atoms with van der Waals surface area (Å²) in [6.07, 6.45) is -2.01. The first-order valence-corrected chi connectivity index (χ1v) is 11.3. The van der Waals surface area contributed by atoms with E-state index >= 15 is 0 Å². The van der Waals surface area contributed by atoms with Crippen LogP contribution in [0.25, 0.3) is 17.0 Å². The molecule has 1 aliphatic heterocycles. The highest BCUT2D eigenvalue weighted by Crippen LogP contribution is 2.28. The van der Waals surface area contributed by atoms with Gasteiger partial charge in [-0.15, -0.1) is 0 Å². The van der Waals surface area contributed by atoms with E-state index in [1.807, 2.05) is 35.2 Å². The molecule has 2 aromatic carbocycles. The SMILES string of the molecule is CC[C@@H](Nc1nc(N2CCOCC2)nc(-n2c(C(F)F)nc3ccccc32)n1)c1ccccc1. The van der Waals surface area contributed by atoms with Crippen molar-refractivity contribution in [3.8, 4) is 5.95 Å². The van der Waals surface area contributed by atoms with Crippen LogP contribution >= 0.6 is 0 Å². The minimum atomic E-state index is -2.79. The van der Waals surface area contributed by atoms with Crippen molar-refractivity contribution >= 4 is 22.9 Å². The molecule has 1 fully saturated rings. The first kappa shape index (κ1) is 22.1. The van der Waals surface area contributed by atoms with Crippen molar-refractivity contribution in [2.75, 3.05) is 36.5 Å². The minimum Gasteiger partial charge on any atom is -0.378 e. The highest BCUT2D eigenvalue weighted by atomic mass is 19.3. The van der Waals surface area contributed by atoms with E-state index < -0.39 is 12.2 Å². The van der Waals surface area contributed by atoms with Gasteiger partial charge in [0, 0.05) is 13.1 Å². The van der Waals surface area contributed by atoms with Crippen LogP contribution < -0.4 is 10.2 Å². The van der Waals surface area contributed by atoms with E-state index in [1.165, 1.54) is 4.57 Å². The number of imidazole rings is 1. The smallest absolute Gasteiger partial charge is 0.296 e. The predicted molar refractivity (Wildman–Crippen MR) is 126 cm³/mol. The fourth-order valence-electron chi connectivity index (χ4n) is 4.09. The van der Waals surface area contributed by atoms with Gasteiger partial charge < -0.3 is 15.0 Å². The van der Waals surface area contributed by atoms with Crippen molar-refractivity contribution in [2.45, 2.75) is 25.8 Å². The normalized spacial score (nSPS) is 15.1. The molecule has 0 bridgehead atoms. The van der Waals surface area contributed by atoms with Crippen LogP contribution in [0.2, 0.25) is 0 Å². The van der Waals surface area contributed by atoms with E-state index in [9.17, 15) is 8.78 Å². The zero-order valence-corrected chi connectivity index (χ0v) is 18.7. The highest BCUT2D eigenvalue weighted by molar-refractivity contribution is 5.77. The molecule has 0 aliphatic carbocycles. The maximum atomic E-state index is 14.0. The van der Waals surface area contributed by atoms with Crippen molar-refractivity contribution in [3.63, 3.8) is 0 Å². The topological polar surface area (TPSA) is 81.0 Å². The fourth-order valence-corrected chi connectivity index (χ4v) is 4.09.